The quantitative estimate of drug-likeness (QED) is 0.272. The number of aryl methyl sites for hydroxylation is 1. The lowest BCUT2D eigenvalue weighted by Crippen LogP contribution is -2.38. The Kier molecular flexibility index (Phi) is 8.09. The second-order valence-electron chi connectivity index (χ2n) is 10.4. The standard InChI is InChI=1S/C28H35ClN6O3S/c1-17(2)39(36,37)24-10-8-7-9-21(24)33-26-20(29)15-31-27(34-26)35(5)22-13-18-11-12-25(32-16-30)28(3,4)19(18)14-23(22)38-6/h7-10,13-17,25H,11-12H2,1-6H3,(H2,30,32)(H,31,33,34)/t25-/m1/s1. The van der Waals surface area contributed by atoms with Gasteiger partial charge in [0, 0.05) is 12.5 Å². The maximum Gasteiger partial charge on any atom is 0.231 e. The van der Waals surface area contributed by atoms with Crippen LogP contribution in [-0.4, -0.2) is 50.2 Å². The molecule has 3 aromatic rings. The number of aromatic nitrogens is 2. The summed E-state index contributed by atoms with van der Waals surface area (Å²) in [6.07, 6.45) is 4.61. The van der Waals surface area contributed by atoms with Gasteiger partial charge in [-0.15, -0.1) is 0 Å². The Balaban J connectivity index is 1.72. The fourth-order valence-electron chi connectivity index (χ4n) is 4.96. The van der Waals surface area contributed by atoms with Gasteiger partial charge in [0.15, 0.2) is 15.7 Å². The third kappa shape index (κ3) is 5.40. The molecule has 39 heavy (non-hydrogen) atoms. The molecule has 1 heterocycles. The topological polar surface area (TPSA) is 123 Å². The number of anilines is 4. The van der Waals surface area contributed by atoms with E-state index in [0.717, 1.165) is 18.5 Å². The van der Waals surface area contributed by atoms with E-state index < -0.39 is 15.1 Å². The monoisotopic (exact) mass is 570 g/mol. The third-order valence-corrected chi connectivity index (χ3v) is 9.83. The highest BCUT2D eigenvalue weighted by Gasteiger charge is 2.37. The summed E-state index contributed by atoms with van der Waals surface area (Å²) in [5.74, 6) is 1.33. The first kappa shape index (κ1) is 28.6. The van der Waals surface area contributed by atoms with E-state index in [1.807, 2.05) is 11.9 Å². The number of halogens is 1. The number of hydrogen-bond donors (Lipinski definition) is 2. The second kappa shape index (κ2) is 11.0. The first-order valence-electron chi connectivity index (χ1n) is 12.7. The van der Waals surface area contributed by atoms with E-state index in [0.29, 0.717) is 23.2 Å². The molecular weight excluding hydrogens is 536 g/mol. The Morgan fingerprint density at radius 2 is 2.00 bits per heavy atom. The summed E-state index contributed by atoms with van der Waals surface area (Å²) in [7, 11) is -0.0544. The molecule has 0 spiro atoms. The number of benzene rings is 2. The molecule has 0 saturated heterocycles. The fourth-order valence-corrected chi connectivity index (χ4v) is 6.30. The van der Waals surface area contributed by atoms with Crippen LogP contribution >= 0.6 is 11.6 Å². The highest BCUT2D eigenvalue weighted by molar-refractivity contribution is 7.92. The molecule has 0 saturated carbocycles. The van der Waals surface area contributed by atoms with Gasteiger partial charge in [-0.05, 0) is 62.1 Å². The molecule has 11 heteroatoms. The predicted octanol–water partition coefficient (Wildman–Crippen LogP) is 5.41. The number of nitrogens with two attached hydrogens (primary N) is 1. The molecule has 1 aliphatic rings. The lowest BCUT2D eigenvalue weighted by atomic mass is 9.69. The van der Waals surface area contributed by atoms with E-state index in [2.05, 4.69) is 46.3 Å². The van der Waals surface area contributed by atoms with Gasteiger partial charge in [-0.25, -0.2) is 13.4 Å². The minimum Gasteiger partial charge on any atom is -0.495 e. The average molecular weight is 571 g/mol. The third-order valence-electron chi connectivity index (χ3n) is 7.35. The maximum atomic E-state index is 12.9. The van der Waals surface area contributed by atoms with Crippen LogP contribution in [-0.2, 0) is 21.7 Å². The van der Waals surface area contributed by atoms with Crippen LogP contribution in [0.4, 0.5) is 23.1 Å². The lowest BCUT2D eigenvalue weighted by molar-refractivity contribution is 0.361. The molecule has 4 rings (SSSR count). The van der Waals surface area contributed by atoms with Crippen LogP contribution in [0.1, 0.15) is 45.2 Å². The van der Waals surface area contributed by atoms with Crippen molar-refractivity contribution in [2.45, 2.75) is 62.1 Å². The van der Waals surface area contributed by atoms with E-state index in [1.54, 1.807) is 45.2 Å². The van der Waals surface area contributed by atoms with Crippen molar-refractivity contribution in [1.29, 1.82) is 0 Å². The van der Waals surface area contributed by atoms with Gasteiger partial charge >= 0.3 is 0 Å². The van der Waals surface area contributed by atoms with E-state index in [1.165, 1.54) is 23.7 Å². The summed E-state index contributed by atoms with van der Waals surface area (Å²) >= 11 is 6.45. The zero-order valence-electron chi connectivity index (χ0n) is 23.1. The highest BCUT2D eigenvalue weighted by Crippen LogP contribution is 2.44. The van der Waals surface area contributed by atoms with Gasteiger partial charge in [0.25, 0.3) is 0 Å². The molecule has 0 unspecified atom stereocenters. The van der Waals surface area contributed by atoms with Gasteiger partial charge in [-0.3, -0.25) is 4.99 Å². The number of nitrogens with zero attached hydrogens (tertiary/aromatic N) is 4. The van der Waals surface area contributed by atoms with Crippen molar-refractivity contribution >= 4 is 50.9 Å². The summed E-state index contributed by atoms with van der Waals surface area (Å²) in [6, 6.07) is 11.0. The molecule has 1 aromatic heterocycles. The van der Waals surface area contributed by atoms with E-state index in [9.17, 15) is 8.42 Å². The van der Waals surface area contributed by atoms with Crippen LogP contribution in [0.5, 0.6) is 5.75 Å². The molecule has 0 bridgehead atoms. The number of hydrogen-bond acceptors (Lipinski definition) is 8. The minimum absolute atomic E-state index is 0.0823. The van der Waals surface area contributed by atoms with Crippen LogP contribution in [0.15, 0.2) is 52.5 Å². The summed E-state index contributed by atoms with van der Waals surface area (Å²) < 4.78 is 31.7. The minimum atomic E-state index is -3.54. The van der Waals surface area contributed by atoms with Gasteiger partial charge in [0.05, 0.1) is 47.2 Å². The van der Waals surface area contributed by atoms with Gasteiger partial charge in [-0.2, -0.15) is 4.98 Å². The number of sulfone groups is 1. The van der Waals surface area contributed by atoms with Crippen molar-refractivity contribution in [2.75, 3.05) is 24.4 Å². The molecule has 2 aromatic carbocycles. The molecule has 208 valence electrons. The summed E-state index contributed by atoms with van der Waals surface area (Å²) in [4.78, 5) is 15.6. The normalized spacial score (nSPS) is 16.8. The number of methoxy groups -OCH3 is 1. The zero-order valence-corrected chi connectivity index (χ0v) is 24.6. The van der Waals surface area contributed by atoms with Crippen LogP contribution < -0.4 is 20.7 Å². The molecule has 0 fully saturated rings. The van der Waals surface area contributed by atoms with Crippen molar-refractivity contribution < 1.29 is 13.2 Å². The van der Waals surface area contributed by atoms with E-state index in [4.69, 9.17) is 22.1 Å². The molecular formula is C28H35ClN6O3S. The zero-order chi connectivity index (χ0) is 28.5. The predicted molar refractivity (Wildman–Crippen MR) is 158 cm³/mol. The number of ether oxygens (including phenoxy) is 1. The maximum absolute atomic E-state index is 12.9. The molecule has 0 radical (unpaired) electrons. The Labute approximate surface area is 235 Å². The van der Waals surface area contributed by atoms with Gasteiger partial charge < -0.3 is 20.7 Å². The lowest BCUT2D eigenvalue weighted by Gasteiger charge is -2.39. The van der Waals surface area contributed by atoms with E-state index >= 15 is 0 Å². The van der Waals surface area contributed by atoms with Crippen LogP contribution in [0.2, 0.25) is 5.02 Å². The largest absolute Gasteiger partial charge is 0.495 e. The first-order chi connectivity index (χ1) is 18.4. The van der Waals surface area contributed by atoms with Crippen LogP contribution in [0.25, 0.3) is 0 Å². The molecule has 0 amide bonds. The number of fused-ring (bicyclic) bond motifs is 1. The van der Waals surface area contributed by atoms with Crippen molar-refractivity contribution in [3.8, 4) is 5.75 Å². The van der Waals surface area contributed by atoms with E-state index in [-0.39, 0.29) is 21.4 Å². The van der Waals surface area contributed by atoms with Crippen molar-refractivity contribution in [1.82, 2.24) is 9.97 Å². The number of rotatable bonds is 8. The molecule has 1 atom stereocenters. The van der Waals surface area contributed by atoms with Crippen LogP contribution in [0.3, 0.4) is 0 Å². The average Bonchev–Trinajstić information content (AvgIpc) is 2.90. The smallest absolute Gasteiger partial charge is 0.231 e. The molecule has 9 nitrogen and oxygen atoms in total. The molecule has 3 N–H and O–H groups in total. The molecule has 1 aliphatic carbocycles. The Hall–Kier alpha value is -3.37. The van der Waals surface area contributed by atoms with Crippen LogP contribution in [0, 0.1) is 0 Å². The van der Waals surface area contributed by atoms with Crippen molar-refractivity contribution in [2.24, 2.45) is 10.7 Å². The van der Waals surface area contributed by atoms with Gasteiger partial charge in [-0.1, -0.05) is 37.6 Å². The van der Waals surface area contributed by atoms with Crippen molar-refractivity contribution in [3.05, 3.63) is 58.7 Å². The van der Waals surface area contributed by atoms with Crippen molar-refractivity contribution in [3.63, 3.8) is 0 Å². The first-order valence-corrected chi connectivity index (χ1v) is 14.6. The number of aliphatic imine (C=N–C) groups is 1. The van der Waals surface area contributed by atoms with Gasteiger partial charge in [0.2, 0.25) is 5.95 Å². The summed E-state index contributed by atoms with van der Waals surface area (Å²) in [6.45, 7) is 7.64. The summed E-state index contributed by atoms with van der Waals surface area (Å²) in [5.41, 5.74) is 8.96. The molecule has 0 aliphatic heterocycles. The summed E-state index contributed by atoms with van der Waals surface area (Å²) in [5, 5.41) is 2.79. The van der Waals surface area contributed by atoms with Gasteiger partial charge in [0.1, 0.15) is 10.8 Å². The second-order valence-corrected chi connectivity index (χ2v) is 13.3. The number of nitrogens with one attached hydrogen (secondary N) is 1. The Bertz CT molecular complexity index is 1510. The highest BCUT2D eigenvalue weighted by atomic mass is 35.5. The SMILES string of the molecule is COc1cc2c(cc1N(C)c1ncc(Cl)c(Nc3ccccc3S(=O)(=O)C(C)C)n1)CC[C@@H](N=CN)C2(C)C. The number of para-hydroxylation sites is 1. The Morgan fingerprint density at radius 3 is 2.67 bits per heavy atom. The Morgan fingerprint density at radius 1 is 1.28 bits per heavy atom. The fraction of sp³-hybridized carbons (Fsp3) is 0.393.